The van der Waals surface area contributed by atoms with Gasteiger partial charge in [0.25, 0.3) is 0 Å². The second-order valence-corrected chi connectivity index (χ2v) is 5.21. The monoisotopic (exact) mass is 267 g/mol. The minimum atomic E-state index is -0.00830. The molecule has 2 N–H and O–H groups in total. The molecule has 1 atom stereocenters. The average molecular weight is 268 g/mol. The van der Waals surface area contributed by atoms with Crippen LogP contribution in [0, 0.1) is 5.92 Å². The van der Waals surface area contributed by atoms with Crippen molar-refractivity contribution in [3.8, 4) is 5.75 Å². The summed E-state index contributed by atoms with van der Waals surface area (Å²) in [6.07, 6.45) is 1.97. The number of ether oxygens (including phenoxy) is 1. The molecule has 0 aliphatic carbocycles. The van der Waals surface area contributed by atoms with Gasteiger partial charge in [0.2, 0.25) is 0 Å². The van der Waals surface area contributed by atoms with Gasteiger partial charge in [-0.25, -0.2) is 0 Å². The number of hydrogen-bond acceptors (Lipinski definition) is 3. The van der Waals surface area contributed by atoms with E-state index in [1.165, 1.54) is 0 Å². The summed E-state index contributed by atoms with van der Waals surface area (Å²) in [6, 6.07) is 3.75. The highest BCUT2D eigenvalue weighted by Crippen LogP contribution is 2.33. The predicted molar refractivity (Wildman–Crippen MR) is 72.2 cm³/mol. The molecule has 0 bridgehead atoms. The lowest BCUT2D eigenvalue weighted by Crippen LogP contribution is -2.17. The van der Waals surface area contributed by atoms with E-state index in [1.807, 2.05) is 19.1 Å². The molecule has 3 nitrogen and oxygen atoms in total. The smallest absolute Gasteiger partial charge is 0.140 e. The third kappa shape index (κ3) is 2.85. The number of nitrogens with two attached hydrogens (primary N) is 1. The van der Waals surface area contributed by atoms with E-state index >= 15 is 0 Å². The number of ketones is 1. The lowest BCUT2D eigenvalue weighted by Gasteiger charge is -2.12. The number of carbonyl (C=O) groups is 1. The molecular formula is C14H18ClNO2. The van der Waals surface area contributed by atoms with Gasteiger partial charge in [0, 0.05) is 29.3 Å². The number of carbonyl (C=O) groups excluding carboxylic acids is 1. The summed E-state index contributed by atoms with van der Waals surface area (Å²) in [4.78, 5) is 12.1. The molecule has 98 valence electrons. The fourth-order valence-corrected chi connectivity index (χ4v) is 2.51. The van der Waals surface area contributed by atoms with Gasteiger partial charge in [0.05, 0.1) is 6.61 Å². The molecule has 1 aromatic rings. The number of halogens is 1. The Morgan fingerprint density at radius 3 is 3.06 bits per heavy atom. The lowest BCUT2D eigenvalue weighted by molar-refractivity contribution is -0.121. The van der Waals surface area contributed by atoms with Crippen molar-refractivity contribution in [3.63, 3.8) is 0 Å². The molecule has 0 aromatic heterocycles. The van der Waals surface area contributed by atoms with E-state index in [9.17, 15) is 4.79 Å². The topological polar surface area (TPSA) is 52.3 Å². The Morgan fingerprint density at radius 1 is 1.56 bits per heavy atom. The molecular weight excluding hydrogens is 250 g/mol. The minimum Gasteiger partial charge on any atom is -0.493 e. The highest BCUT2D eigenvalue weighted by Gasteiger charge is 2.21. The quantitative estimate of drug-likeness (QED) is 0.891. The zero-order chi connectivity index (χ0) is 13.1. The van der Waals surface area contributed by atoms with Gasteiger partial charge in [0.15, 0.2) is 0 Å². The van der Waals surface area contributed by atoms with E-state index < -0.39 is 0 Å². The molecule has 4 heteroatoms. The lowest BCUT2D eigenvalue weighted by atomic mass is 9.95. The van der Waals surface area contributed by atoms with Crippen molar-refractivity contribution in [2.45, 2.75) is 26.2 Å². The van der Waals surface area contributed by atoms with Gasteiger partial charge < -0.3 is 10.5 Å². The third-order valence-electron chi connectivity index (χ3n) is 3.34. The summed E-state index contributed by atoms with van der Waals surface area (Å²) in [6.45, 7) is 3.13. The summed E-state index contributed by atoms with van der Waals surface area (Å²) >= 11 is 6.07. The third-order valence-corrected chi connectivity index (χ3v) is 3.56. The van der Waals surface area contributed by atoms with E-state index in [0.29, 0.717) is 24.6 Å². The van der Waals surface area contributed by atoms with Crippen LogP contribution in [-0.4, -0.2) is 18.9 Å². The summed E-state index contributed by atoms with van der Waals surface area (Å²) in [5, 5.41) is 0.675. The first-order valence-electron chi connectivity index (χ1n) is 6.28. The fraction of sp³-hybridized carbons (Fsp3) is 0.500. The van der Waals surface area contributed by atoms with Gasteiger partial charge in [-0.05, 0) is 30.7 Å². The van der Waals surface area contributed by atoms with Crippen molar-refractivity contribution in [2.75, 3.05) is 13.2 Å². The molecule has 1 aliphatic heterocycles. The number of rotatable bonds is 5. The maximum absolute atomic E-state index is 12.1. The molecule has 1 heterocycles. The Bertz CT molecular complexity index is 459. The van der Waals surface area contributed by atoms with Gasteiger partial charge in [-0.2, -0.15) is 0 Å². The normalized spacial score (nSPS) is 15.1. The maximum Gasteiger partial charge on any atom is 0.140 e. The zero-order valence-corrected chi connectivity index (χ0v) is 11.3. The van der Waals surface area contributed by atoms with Gasteiger partial charge in [0.1, 0.15) is 11.5 Å². The van der Waals surface area contributed by atoms with E-state index in [0.717, 1.165) is 29.7 Å². The van der Waals surface area contributed by atoms with Gasteiger partial charge >= 0.3 is 0 Å². The Balaban J connectivity index is 2.17. The van der Waals surface area contributed by atoms with Crippen LogP contribution < -0.4 is 10.5 Å². The Labute approximate surface area is 112 Å². The highest BCUT2D eigenvalue weighted by molar-refractivity contribution is 6.30. The van der Waals surface area contributed by atoms with Crippen molar-refractivity contribution in [1.29, 1.82) is 0 Å². The van der Waals surface area contributed by atoms with Crippen LogP contribution in [0.2, 0.25) is 5.02 Å². The largest absolute Gasteiger partial charge is 0.493 e. The number of fused-ring (bicyclic) bond motifs is 1. The standard InChI is InChI=1S/C14H18ClNO2/c1-9(2-4-16)13(17)8-11-7-12(15)6-10-3-5-18-14(10)11/h6-7,9H,2-5,8,16H2,1H3. The molecule has 0 saturated carbocycles. The van der Waals surface area contributed by atoms with Crippen LogP contribution >= 0.6 is 11.6 Å². The summed E-state index contributed by atoms with van der Waals surface area (Å²) in [7, 11) is 0. The van der Waals surface area contributed by atoms with Crippen molar-refractivity contribution in [3.05, 3.63) is 28.3 Å². The van der Waals surface area contributed by atoms with Gasteiger partial charge in [-0.1, -0.05) is 18.5 Å². The van der Waals surface area contributed by atoms with Crippen molar-refractivity contribution >= 4 is 17.4 Å². The molecule has 0 fully saturated rings. The van der Waals surface area contributed by atoms with Crippen LogP contribution in [0.4, 0.5) is 0 Å². The highest BCUT2D eigenvalue weighted by atomic mass is 35.5. The molecule has 0 amide bonds. The molecule has 0 saturated heterocycles. The molecule has 1 aromatic carbocycles. The molecule has 0 spiro atoms. The van der Waals surface area contributed by atoms with E-state index in [4.69, 9.17) is 22.1 Å². The molecule has 2 rings (SSSR count). The van der Waals surface area contributed by atoms with E-state index in [-0.39, 0.29) is 11.7 Å². The Hall–Kier alpha value is -1.06. The van der Waals surface area contributed by atoms with Crippen LogP contribution in [0.5, 0.6) is 5.75 Å². The Morgan fingerprint density at radius 2 is 2.33 bits per heavy atom. The first-order valence-corrected chi connectivity index (χ1v) is 6.66. The molecule has 18 heavy (non-hydrogen) atoms. The SMILES string of the molecule is CC(CCN)C(=O)Cc1cc(Cl)cc2c1OCC2. The van der Waals surface area contributed by atoms with Crippen molar-refractivity contribution < 1.29 is 9.53 Å². The average Bonchev–Trinajstić information content (AvgIpc) is 2.77. The number of benzene rings is 1. The van der Waals surface area contributed by atoms with Crippen molar-refractivity contribution in [2.24, 2.45) is 11.7 Å². The predicted octanol–water partition coefficient (Wildman–Crippen LogP) is 2.37. The van der Waals surface area contributed by atoms with E-state index in [2.05, 4.69) is 0 Å². The molecule has 0 radical (unpaired) electrons. The van der Waals surface area contributed by atoms with Gasteiger partial charge in [-0.15, -0.1) is 0 Å². The fourth-order valence-electron chi connectivity index (χ4n) is 2.25. The van der Waals surface area contributed by atoms with Crippen molar-refractivity contribution in [1.82, 2.24) is 0 Å². The maximum atomic E-state index is 12.1. The first kappa shape index (κ1) is 13.4. The molecule has 1 aliphatic rings. The van der Waals surface area contributed by atoms with Crippen LogP contribution in [0.1, 0.15) is 24.5 Å². The summed E-state index contributed by atoms with van der Waals surface area (Å²) in [5.41, 5.74) is 7.49. The first-order chi connectivity index (χ1) is 8.61. The van der Waals surface area contributed by atoms with Crippen LogP contribution in [0.15, 0.2) is 12.1 Å². The molecule has 1 unspecified atom stereocenters. The van der Waals surface area contributed by atoms with Gasteiger partial charge in [-0.3, -0.25) is 4.79 Å². The van der Waals surface area contributed by atoms with Crippen LogP contribution in [0.25, 0.3) is 0 Å². The van der Waals surface area contributed by atoms with Crippen LogP contribution in [0.3, 0.4) is 0 Å². The second kappa shape index (κ2) is 5.72. The minimum absolute atomic E-state index is 0.00830. The summed E-state index contributed by atoms with van der Waals surface area (Å²) in [5.74, 6) is 1.04. The zero-order valence-electron chi connectivity index (χ0n) is 10.5. The Kier molecular flexibility index (Phi) is 4.25. The van der Waals surface area contributed by atoms with Crippen LogP contribution in [-0.2, 0) is 17.6 Å². The summed E-state index contributed by atoms with van der Waals surface area (Å²) < 4.78 is 5.59. The number of hydrogen-bond donors (Lipinski definition) is 1. The van der Waals surface area contributed by atoms with E-state index in [1.54, 1.807) is 0 Å². The second-order valence-electron chi connectivity index (χ2n) is 4.77. The number of Topliss-reactive ketones (excluding diaryl/α,β-unsaturated/α-hetero) is 1.